The van der Waals surface area contributed by atoms with Crippen LogP contribution in [0.5, 0.6) is 0 Å². The fraction of sp³-hybridized carbons (Fsp3) is 0.818. The van der Waals surface area contributed by atoms with Gasteiger partial charge in [0.05, 0.1) is 0 Å². The number of nitrogens with zero attached hydrogens (tertiary/aromatic N) is 1. The summed E-state index contributed by atoms with van der Waals surface area (Å²) in [7, 11) is 0. The summed E-state index contributed by atoms with van der Waals surface area (Å²) in [5.41, 5.74) is 10.4. The molecule has 0 aromatic carbocycles. The zero-order chi connectivity index (χ0) is 12.2. The van der Waals surface area contributed by atoms with Crippen molar-refractivity contribution in [3.05, 3.63) is 0 Å². The van der Waals surface area contributed by atoms with Crippen molar-refractivity contribution in [3.63, 3.8) is 0 Å². The molecule has 0 amide bonds. The van der Waals surface area contributed by atoms with Crippen molar-refractivity contribution in [1.82, 2.24) is 5.32 Å². The van der Waals surface area contributed by atoms with Crippen molar-refractivity contribution < 1.29 is 0 Å². The van der Waals surface area contributed by atoms with Gasteiger partial charge in [-0.25, -0.2) is 0 Å². The van der Waals surface area contributed by atoms with E-state index in [4.69, 9.17) is 23.7 Å². The second kappa shape index (κ2) is 10.7. The third-order valence-electron chi connectivity index (χ3n) is 2.29. The van der Waals surface area contributed by atoms with Gasteiger partial charge < -0.3 is 16.8 Å². The Balaban J connectivity index is 3.21. The summed E-state index contributed by atoms with van der Waals surface area (Å²) in [5.74, 6) is 0.0112. The van der Waals surface area contributed by atoms with Crippen LogP contribution in [0.4, 0.5) is 0 Å². The highest BCUT2D eigenvalue weighted by Gasteiger charge is 1.93. The summed E-state index contributed by atoms with van der Waals surface area (Å²) in [6.45, 7) is 3.08. The van der Waals surface area contributed by atoms with Crippen LogP contribution in [0.25, 0.3) is 0 Å². The van der Waals surface area contributed by atoms with Gasteiger partial charge in [-0.05, 0) is 18.6 Å². The first kappa shape index (κ1) is 15.2. The molecule has 0 aliphatic carbocycles. The van der Waals surface area contributed by atoms with Gasteiger partial charge >= 0.3 is 0 Å². The number of aliphatic imine (C=N–C) groups is 1. The summed E-state index contributed by atoms with van der Waals surface area (Å²) < 4.78 is 0. The maximum atomic E-state index is 5.19. The van der Waals surface area contributed by atoms with Crippen LogP contribution in [0.2, 0.25) is 0 Å². The lowest BCUT2D eigenvalue weighted by molar-refractivity contribution is 0.586. The molecule has 0 heterocycles. The van der Waals surface area contributed by atoms with Crippen molar-refractivity contribution >= 4 is 23.3 Å². The first-order valence-corrected chi connectivity index (χ1v) is 6.45. The minimum Gasteiger partial charge on any atom is -0.370 e. The van der Waals surface area contributed by atoms with E-state index in [0.717, 1.165) is 13.0 Å². The molecule has 0 aromatic heterocycles. The van der Waals surface area contributed by atoms with Crippen LogP contribution in [-0.2, 0) is 0 Å². The molecule has 5 heteroatoms. The lowest BCUT2D eigenvalue weighted by atomic mass is 10.1. The highest BCUT2D eigenvalue weighted by Crippen LogP contribution is 2.06. The molecule has 16 heavy (non-hydrogen) atoms. The monoisotopic (exact) mass is 244 g/mol. The van der Waals surface area contributed by atoms with E-state index < -0.39 is 0 Å². The van der Waals surface area contributed by atoms with Crippen LogP contribution in [0.15, 0.2) is 4.99 Å². The lowest BCUT2D eigenvalue weighted by Crippen LogP contribution is -2.28. The van der Waals surface area contributed by atoms with Gasteiger partial charge in [0.15, 0.2) is 11.1 Å². The zero-order valence-electron chi connectivity index (χ0n) is 10.2. The standard InChI is InChI=1S/C11H24N4S/c1-2-3-4-5-6-7-8-9-14-11(16)15-10(12)13/h2-9H2,1H3,(H5,12,13,14,15,16). The van der Waals surface area contributed by atoms with Crippen molar-refractivity contribution in [3.8, 4) is 0 Å². The van der Waals surface area contributed by atoms with Gasteiger partial charge in [-0.15, -0.1) is 0 Å². The summed E-state index contributed by atoms with van der Waals surface area (Å²) in [6, 6.07) is 0. The molecule has 0 aromatic rings. The molecule has 4 nitrogen and oxygen atoms in total. The molecular formula is C11H24N4S. The first-order valence-electron chi connectivity index (χ1n) is 6.04. The molecule has 0 radical (unpaired) electrons. The van der Waals surface area contributed by atoms with Gasteiger partial charge in [0.1, 0.15) is 0 Å². The van der Waals surface area contributed by atoms with Crippen molar-refractivity contribution in [1.29, 1.82) is 0 Å². The third-order valence-corrected chi connectivity index (χ3v) is 2.52. The Hall–Kier alpha value is -0.840. The Labute approximate surface area is 104 Å². The number of nitrogens with two attached hydrogens (primary N) is 2. The van der Waals surface area contributed by atoms with E-state index in [0.29, 0.717) is 5.11 Å². The summed E-state index contributed by atoms with van der Waals surface area (Å²) in [5, 5.41) is 3.38. The van der Waals surface area contributed by atoms with Crippen LogP contribution in [0.3, 0.4) is 0 Å². The average molecular weight is 244 g/mol. The molecular weight excluding hydrogens is 220 g/mol. The molecule has 0 fully saturated rings. The van der Waals surface area contributed by atoms with Gasteiger partial charge in [0.25, 0.3) is 0 Å². The number of nitrogens with one attached hydrogen (secondary N) is 1. The number of guanidine groups is 1. The lowest BCUT2D eigenvalue weighted by Gasteiger charge is -2.04. The van der Waals surface area contributed by atoms with Crippen LogP contribution in [0.1, 0.15) is 51.9 Å². The molecule has 0 bridgehead atoms. The zero-order valence-corrected chi connectivity index (χ0v) is 11.0. The normalized spacial score (nSPS) is 9.81. The molecule has 94 valence electrons. The van der Waals surface area contributed by atoms with Crippen molar-refractivity contribution in [2.45, 2.75) is 51.9 Å². The Morgan fingerprint density at radius 3 is 2.19 bits per heavy atom. The molecule has 0 saturated carbocycles. The maximum absolute atomic E-state index is 5.19. The van der Waals surface area contributed by atoms with E-state index >= 15 is 0 Å². The minimum atomic E-state index is 0.0112. The maximum Gasteiger partial charge on any atom is 0.196 e. The molecule has 0 unspecified atom stereocenters. The highest BCUT2D eigenvalue weighted by molar-refractivity contribution is 7.80. The highest BCUT2D eigenvalue weighted by atomic mass is 32.1. The van der Waals surface area contributed by atoms with Gasteiger partial charge in [0.2, 0.25) is 0 Å². The number of unbranched alkanes of at least 4 members (excludes halogenated alkanes) is 6. The van der Waals surface area contributed by atoms with Gasteiger partial charge in [-0.1, -0.05) is 45.4 Å². The molecule has 0 saturated heterocycles. The summed E-state index contributed by atoms with van der Waals surface area (Å²) in [4.78, 5) is 3.73. The van der Waals surface area contributed by atoms with Crippen LogP contribution < -0.4 is 16.8 Å². The van der Waals surface area contributed by atoms with E-state index in [9.17, 15) is 0 Å². The molecule has 0 atom stereocenters. The number of thiocarbonyl (C=S) groups is 1. The largest absolute Gasteiger partial charge is 0.370 e. The molecule has 0 aliphatic rings. The molecule has 5 N–H and O–H groups in total. The number of hydrogen-bond donors (Lipinski definition) is 3. The summed E-state index contributed by atoms with van der Waals surface area (Å²) in [6.07, 6.45) is 9.01. The average Bonchev–Trinajstić information content (AvgIpc) is 2.21. The van der Waals surface area contributed by atoms with Crippen molar-refractivity contribution in [2.75, 3.05) is 6.54 Å². The third kappa shape index (κ3) is 11.2. The van der Waals surface area contributed by atoms with Crippen LogP contribution >= 0.6 is 12.2 Å². The Morgan fingerprint density at radius 2 is 1.62 bits per heavy atom. The predicted molar refractivity (Wildman–Crippen MR) is 74.4 cm³/mol. The van der Waals surface area contributed by atoms with Gasteiger partial charge in [-0.2, -0.15) is 4.99 Å². The molecule has 0 aliphatic heterocycles. The molecule has 0 spiro atoms. The SMILES string of the molecule is CCCCCCCCCNC(=S)N=C(N)N. The van der Waals surface area contributed by atoms with E-state index in [-0.39, 0.29) is 5.96 Å². The Kier molecular flexibility index (Phi) is 10.1. The van der Waals surface area contributed by atoms with E-state index in [2.05, 4.69) is 17.2 Å². The second-order valence-corrected chi connectivity index (χ2v) is 4.28. The second-order valence-electron chi connectivity index (χ2n) is 3.89. The summed E-state index contributed by atoms with van der Waals surface area (Å²) >= 11 is 4.91. The van der Waals surface area contributed by atoms with Crippen LogP contribution in [-0.4, -0.2) is 17.6 Å². The van der Waals surface area contributed by atoms with Gasteiger partial charge in [-0.3, -0.25) is 0 Å². The first-order chi connectivity index (χ1) is 7.66. The van der Waals surface area contributed by atoms with Crippen molar-refractivity contribution in [2.24, 2.45) is 16.5 Å². The number of rotatable bonds is 8. The number of hydrogen-bond acceptors (Lipinski definition) is 1. The minimum absolute atomic E-state index is 0.0112. The Bertz CT molecular complexity index is 212. The Morgan fingerprint density at radius 1 is 1.06 bits per heavy atom. The smallest absolute Gasteiger partial charge is 0.196 e. The topological polar surface area (TPSA) is 76.4 Å². The van der Waals surface area contributed by atoms with Crippen LogP contribution in [0, 0.1) is 0 Å². The van der Waals surface area contributed by atoms with E-state index in [1.807, 2.05) is 0 Å². The fourth-order valence-electron chi connectivity index (χ4n) is 1.43. The quantitative estimate of drug-likeness (QED) is 0.264. The van der Waals surface area contributed by atoms with E-state index in [1.54, 1.807) is 0 Å². The fourth-order valence-corrected chi connectivity index (χ4v) is 1.64. The molecule has 0 rings (SSSR count). The van der Waals surface area contributed by atoms with E-state index in [1.165, 1.54) is 38.5 Å². The predicted octanol–water partition coefficient (Wildman–Crippen LogP) is 1.88. The van der Waals surface area contributed by atoms with Gasteiger partial charge in [0, 0.05) is 6.54 Å².